The average molecular weight is 182 g/mol. The van der Waals surface area contributed by atoms with E-state index in [0.717, 1.165) is 37.4 Å². The summed E-state index contributed by atoms with van der Waals surface area (Å²) in [4.78, 5) is 7.02. The number of aryl methyl sites for hydroxylation is 1. The minimum Gasteiger partial charge on any atom is -0.492 e. The molecule has 1 fully saturated rings. The summed E-state index contributed by atoms with van der Waals surface area (Å²) in [5.74, 6) is 0.926. The quantitative estimate of drug-likeness (QED) is 0.721. The first-order valence-corrected chi connectivity index (χ1v) is 4.62. The van der Waals surface area contributed by atoms with E-state index in [1.807, 2.05) is 0 Å². The van der Waals surface area contributed by atoms with Crippen molar-refractivity contribution in [2.24, 2.45) is 0 Å². The van der Waals surface area contributed by atoms with Gasteiger partial charge in [0.05, 0.1) is 11.8 Å². The number of aromatic amines is 1. The molecule has 13 heavy (non-hydrogen) atoms. The summed E-state index contributed by atoms with van der Waals surface area (Å²) in [6.07, 6.45) is 3.29. The van der Waals surface area contributed by atoms with Crippen LogP contribution in [0.2, 0.25) is 0 Å². The highest BCUT2D eigenvalue weighted by Gasteiger charge is 2.18. The van der Waals surface area contributed by atoms with Crippen LogP contribution in [-0.2, 0) is 11.2 Å². The van der Waals surface area contributed by atoms with Crippen LogP contribution in [0.4, 0.5) is 0 Å². The summed E-state index contributed by atoms with van der Waals surface area (Å²) in [6, 6.07) is 0. The smallest absolute Gasteiger partial charge is 0.232 e. The van der Waals surface area contributed by atoms with Crippen molar-refractivity contribution >= 4 is 0 Å². The summed E-state index contributed by atoms with van der Waals surface area (Å²) in [5, 5.41) is 9.23. The second-order valence-electron chi connectivity index (χ2n) is 3.47. The van der Waals surface area contributed by atoms with Crippen LogP contribution >= 0.6 is 0 Å². The van der Waals surface area contributed by atoms with Gasteiger partial charge < -0.3 is 14.8 Å². The normalized spacial score (nSPS) is 22.4. The molecule has 1 unspecified atom stereocenters. The summed E-state index contributed by atoms with van der Waals surface area (Å²) in [5.41, 5.74) is 0.730. The van der Waals surface area contributed by atoms with Crippen molar-refractivity contribution in [2.45, 2.75) is 32.3 Å². The maximum atomic E-state index is 9.23. The predicted octanol–water partition coefficient (Wildman–Crippen LogP) is 1.15. The van der Waals surface area contributed by atoms with Gasteiger partial charge in [-0.2, -0.15) is 4.98 Å². The summed E-state index contributed by atoms with van der Waals surface area (Å²) in [7, 11) is 0. The number of rotatable bonds is 2. The van der Waals surface area contributed by atoms with E-state index in [9.17, 15) is 5.11 Å². The first kappa shape index (κ1) is 8.56. The molecule has 0 amide bonds. The molecule has 0 radical (unpaired) electrons. The number of imidazole rings is 1. The Bertz CT molecular complexity index is 270. The lowest BCUT2D eigenvalue weighted by molar-refractivity contribution is 0.110. The number of nitrogens with one attached hydrogen (secondary N) is 1. The lowest BCUT2D eigenvalue weighted by Gasteiger charge is -2.05. The van der Waals surface area contributed by atoms with E-state index in [-0.39, 0.29) is 12.0 Å². The van der Waals surface area contributed by atoms with E-state index in [1.165, 1.54) is 0 Å². The molecule has 1 aliphatic rings. The second kappa shape index (κ2) is 3.38. The zero-order valence-electron chi connectivity index (χ0n) is 7.71. The molecule has 1 saturated heterocycles. The Kier molecular flexibility index (Phi) is 2.22. The number of hydrogen-bond donors (Lipinski definition) is 2. The Morgan fingerprint density at radius 1 is 1.69 bits per heavy atom. The molecule has 0 aliphatic carbocycles. The van der Waals surface area contributed by atoms with Gasteiger partial charge >= 0.3 is 0 Å². The molecule has 1 atom stereocenters. The van der Waals surface area contributed by atoms with E-state index in [1.54, 1.807) is 6.92 Å². The number of ether oxygens (including phenoxy) is 1. The highest BCUT2D eigenvalue weighted by molar-refractivity contribution is 5.17. The molecule has 0 saturated carbocycles. The lowest BCUT2D eigenvalue weighted by atomic mass is 10.2. The van der Waals surface area contributed by atoms with E-state index in [0.29, 0.717) is 0 Å². The molecule has 4 nitrogen and oxygen atoms in total. The molecule has 4 heteroatoms. The third kappa shape index (κ3) is 1.83. The Morgan fingerprint density at radius 2 is 2.54 bits per heavy atom. The minimum absolute atomic E-state index is 0.105. The summed E-state index contributed by atoms with van der Waals surface area (Å²) >= 11 is 0. The number of hydrogen-bond acceptors (Lipinski definition) is 3. The monoisotopic (exact) mass is 182 g/mol. The van der Waals surface area contributed by atoms with Crippen molar-refractivity contribution < 1.29 is 9.84 Å². The number of H-pyrrole nitrogens is 1. The molecule has 1 aromatic heterocycles. The lowest BCUT2D eigenvalue weighted by Crippen LogP contribution is -2.09. The number of nitrogens with zero attached hydrogens (tertiary/aromatic N) is 1. The van der Waals surface area contributed by atoms with Gasteiger partial charge in [0.1, 0.15) is 5.82 Å². The largest absolute Gasteiger partial charge is 0.492 e. The molecule has 2 N–H and O–H groups in total. The fourth-order valence-electron chi connectivity index (χ4n) is 1.63. The Morgan fingerprint density at radius 3 is 3.08 bits per heavy atom. The molecular weight excluding hydrogens is 168 g/mol. The standard InChI is InChI=1S/C9H14N2O2/c1-6-9(12)11-8(10-6)5-7-3-2-4-13-7/h7,12H,2-5H2,1H3,(H,10,11). The fraction of sp³-hybridized carbons (Fsp3) is 0.667. The first-order valence-electron chi connectivity index (χ1n) is 4.62. The zero-order valence-corrected chi connectivity index (χ0v) is 7.71. The molecule has 2 heterocycles. The van der Waals surface area contributed by atoms with Gasteiger partial charge in [0.15, 0.2) is 0 Å². The van der Waals surface area contributed by atoms with Crippen LogP contribution in [0.3, 0.4) is 0 Å². The van der Waals surface area contributed by atoms with Crippen LogP contribution in [-0.4, -0.2) is 27.8 Å². The fourth-order valence-corrected chi connectivity index (χ4v) is 1.63. The van der Waals surface area contributed by atoms with Gasteiger partial charge in [0, 0.05) is 13.0 Å². The molecule has 2 rings (SSSR count). The highest BCUT2D eigenvalue weighted by Crippen LogP contribution is 2.18. The van der Waals surface area contributed by atoms with Gasteiger partial charge in [-0.3, -0.25) is 0 Å². The molecule has 0 aromatic carbocycles. The molecule has 1 aliphatic heterocycles. The third-order valence-electron chi connectivity index (χ3n) is 2.35. The van der Waals surface area contributed by atoms with Crippen molar-refractivity contribution in [3.05, 3.63) is 11.5 Å². The van der Waals surface area contributed by atoms with Crippen molar-refractivity contribution in [1.82, 2.24) is 9.97 Å². The Hall–Kier alpha value is -1.03. The van der Waals surface area contributed by atoms with E-state index >= 15 is 0 Å². The van der Waals surface area contributed by atoms with E-state index < -0.39 is 0 Å². The zero-order chi connectivity index (χ0) is 9.26. The molecular formula is C9H14N2O2. The second-order valence-corrected chi connectivity index (χ2v) is 3.47. The Balaban J connectivity index is 2.00. The number of aromatic hydroxyl groups is 1. The topological polar surface area (TPSA) is 58.1 Å². The molecule has 0 spiro atoms. The van der Waals surface area contributed by atoms with Crippen LogP contribution < -0.4 is 0 Å². The van der Waals surface area contributed by atoms with Crippen molar-refractivity contribution in [1.29, 1.82) is 0 Å². The van der Waals surface area contributed by atoms with E-state index in [4.69, 9.17) is 4.74 Å². The van der Waals surface area contributed by atoms with Crippen molar-refractivity contribution in [3.63, 3.8) is 0 Å². The van der Waals surface area contributed by atoms with Gasteiger partial charge in [0.25, 0.3) is 0 Å². The van der Waals surface area contributed by atoms with E-state index in [2.05, 4.69) is 9.97 Å². The molecule has 0 bridgehead atoms. The summed E-state index contributed by atoms with van der Waals surface area (Å²) < 4.78 is 5.46. The van der Waals surface area contributed by atoms with Gasteiger partial charge in [-0.15, -0.1) is 0 Å². The Labute approximate surface area is 77.0 Å². The van der Waals surface area contributed by atoms with Gasteiger partial charge in [-0.1, -0.05) is 0 Å². The van der Waals surface area contributed by atoms with Crippen molar-refractivity contribution in [3.8, 4) is 5.88 Å². The van der Waals surface area contributed by atoms with Gasteiger partial charge in [0.2, 0.25) is 5.88 Å². The van der Waals surface area contributed by atoms with Crippen LogP contribution in [0.25, 0.3) is 0 Å². The average Bonchev–Trinajstić information content (AvgIpc) is 2.64. The van der Waals surface area contributed by atoms with Gasteiger partial charge in [-0.05, 0) is 19.8 Å². The van der Waals surface area contributed by atoms with Gasteiger partial charge in [-0.25, -0.2) is 0 Å². The minimum atomic E-state index is 0.105. The van der Waals surface area contributed by atoms with Crippen LogP contribution in [0.1, 0.15) is 24.4 Å². The van der Waals surface area contributed by atoms with Crippen LogP contribution in [0, 0.1) is 6.92 Å². The van der Waals surface area contributed by atoms with Crippen LogP contribution in [0.5, 0.6) is 5.88 Å². The third-order valence-corrected chi connectivity index (χ3v) is 2.35. The predicted molar refractivity (Wildman–Crippen MR) is 47.7 cm³/mol. The maximum absolute atomic E-state index is 9.23. The highest BCUT2D eigenvalue weighted by atomic mass is 16.5. The van der Waals surface area contributed by atoms with Crippen molar-refractivity contribution in [2.75, 3.05) is 6.61 Å². The molecule has 1 aromatic rings. The molecule has 72 valence electrons. The first-order chi connectivity index (χ1) is 6.25. The summed E-state index contributed by atoms with van der Waals surface area (Å²) in [6.45, 7) is 2.66. The van der Waals surface area contributed by atoms with Crippen LogP contribution in [0.15, 0.2) is 0 Å². The SMILES string of the molecule is Cc1[nH]c(CC2CCCO2)nc1O. The number of aromatic nitrogens is 2. The maximum Gasteiger partial charge on any atom is 0.232 e.